The number of thiazole rings is 1. The van der Waals surface area contributed by atoms with E-state index in [9.17, 15) is 13.2 Å². The first-order valence-electron chi connectivity index (χ1n) is 7.38. The van der Waals surface area contributed by atoms with Crippen molar-refractivity contribution in [3.8, 4) is 0 Å². The van der Waals surface area contributed by atoms with Gasteiger partial charge >= 0.3 is 0 Å². The third-order valence-electron chi connectivity index (χ3n) is 3.71. The van der Waals surface area contributed by atoms with E-state index in [1.807, 2.05) is 19.1 Å². The van der Waals surface area contributed by atoms with Gasteiger partial charge in [0.25, 0.3) is 0 Å². The second-order valence-corrected chi connectivity index (χ2v) is 9.13. The minimum atomic E-state index is -3.24. The number of aryl methyl sites for hydroxylation is 1. The molecule has 0 saturated carbocycles. The van der Waals surface area contributed by atoms with Crippen molar-refractivity contribution >= 4 is 54.0 Å². The summed E-state index contributed by atoms with van der Waals surface area (Å²) in [5.74, 6) is -0.213. The van der Waals surface area contributed by atoms with E-state index in [1.54, 1.807) is 12.1 Å². The Morgan fingerprint density at radius 3 is 2.52 bits per heavy atom. The normalized spacial score (nSPS) is 11.6. The number of fused-ring (bicyclic) bond motifs is 1. The first-order chi connectivity index (χ1) is 11.7. The molecule has 0 spiro atoms. The SMILES string of the molecule is Cc1c(Cl)ccc2sc(NC(=O)Cc3ccc(S(C)(=O)=O)cc3)nc12. The molecule has 1 heterocycles. The molecule has 0 aliphatic carbocycles. The zero-order chi connectivity index (χ0) is 18.2. The lowest BCUT2D eigenvalue weighted by atomic mass is 10.1. The molecule has 130 valence electrons. The van der Waals surface area contributed by atoms with Crippen LogP contribution in [0.4, 0.5) is 5.13 Å². The predicted molar refractivity (Wildman–Crippen MR) is 101 cm³/mol. The Kier molecular flexibility index (Phi) is 4.81. The van der Waals surface area contributed by atoms with E-state index in [-0.39, 0.29) is 17.2 Å². The van der Waals surface area contributed by atoms with Gasteiger partial charge in [-0.25, -0.2) is 13.4 Å². The third kappa shape index (κ3) is 4.00. The van der Waals surface area contributed by atoms with Gasteiger partial charge in [0.1, 0.15) is 0 Å². The predicted octanol–water partition coefficient (Wildman–Crippen LogP) is 3.84. The molecule has 0 radical (unpaired) electrons. The van der Waals surface area contributed by atoms with Gasteiger partial charge in [-0.15, -0.1) is 0 Å². The molecule has 1 amide bonds. The molecular formula is C17H15ClN2O3S2. The van der Waals surface area contributed by atoms with E-state index in [4.69, 9.17) is 11.6 Å². The lowest BCUT2D eigenvalue weighted by Crippen LogP contribution is -2.14. The summed E-state index contributed by atoms with van der Waals surface area (Å²) in [7, 11) is -3.24. The maximum atomic E-state index is 12.2. The lowest BCUT2D eigenvalue weighted by Gasteiger charge is -2.03. The summed E-state index contributed by atoms with van der Waals surface area (Å²) in [6.07, 6.45) is 1.29. The van der Waals surface area contributed by atoms with Crippen LogP contribution in [0.15, 0.2) is 41.3 Å². The number of hydrogen-bond acceptors (Lipinski definition) is 5. The number of rotatable bonds is 4. The van der Waals surface area contributed by atoms with Crippen molar-refractivity contribution in [2.45, 2.75) is 18.2 Å². The second-order valence-electron chi connectivity index (χ2n) is 5.68. The van der Waals surface area contributed by atoms with Crippen molar-refractivity contribution in [2.75, 3.05) is 11.6 Å². The van der Waals surface area contributed by atoms with Gasteiger partial charge in [-0.1, -0.05) is 35.1 Å². The highest BCUT2D eigenvalue weighted by atomic mass is 35.5. The number of benzene rings is 2. The smallest absolute Gasteiger partial charge is 0.230 e. The van der Waals surface area contributed by atoms with Crippen LogP contribution in [0.2, 0.25) is 5.02 Å². The molecule has 8 heteroatoms. The third-order valence-corrected chi connectivity index (χ3v) is 6.18. The van der Waals surface area contributed by atoms with Crippen LogP contribution in [0.3, 0.4) is 0 Å². The Morgan fingerprint density at radius 1 is 1.20 bits per heavy atom. The number of amides is 1. The van der Waals surface area contributed by atoms with Crippen molar-refractivity contribution in [3.63, 3.8) is 0 Å². The average molecular weight is 395 g/mol. The Bertz CT molecular complexity index is 1060. The maximum absolute atomic E-state index is 12.2. The molecule has 0 bridgehead atoms. The summed E-state index contributed by atoms with van der Waals surface area (Å²) in [5, 5.41) is 3.93. The number of sulfone groups is 1. The van der Waals surface area contributed by atoms with Gasteiger partial charge in [-0.2, -0.15) is 0 Å². The minimum Gasteiger partial charge on any atom is -0.302 e. The Hall–Kier alpha value is -1.96. The highest BCUT2D eigenvalue weighted by molar-refractivity contribution is 7.90. The molecule has 1 aromatic heterocycles. The number of nitrogens with zero attached hydrogens (tertiary/aromatic N) is 1. The molecule has 3 rings (SSSR count). The van der Waals surface area contributed by atoms with Crippen molar-refractivity contribution < 1.29 is 13.2 Å². The summed E-state index contributed by atoms with van der Waals surface area (Å²) < 4.78 is 23.9. The van der Waals surface area contributed by atoms with E-state index in [0.717, 1.165) is 27.6 Å². The van der Waals surface area contributed by atoms with Gasteiger partial charge < -0.3 is 5.32 Å². The molecule has 0 saturated heterocycles. The van der Waals surface area contributed by atoms with Crippen molar-refractivity contribution in [3.05, 3.63) is 52.5 Å². The Balaban J connectivity index is 1.73. The summed E-state index contributed by atoms with van der Waals surface area (Å²) in [6.45, 7) is 1.89. The standard InChI is InChI=1S/C17H15ClN2O3S2/c1-10-13(18)7-8-14-16(10)20-17(24-14)19-15(21)9-11-3-5-12(6-4-11)25(2,22)23/h3-8H,9H2,1-2H3,(H,19,20,21). The van der Waals surface area contributed by atoms with Gasteiger partial charge in [-0.3, -0.25) is 4.79 Å². The first-order valence-corrected chi connectivity index (χ1v) is 10.5. The first kappa shape index (κ1) is 17.8. The number of halogens is 1. The van der Waals surface area contributed by atoms with E-state index >= 15 is 0 Å². The molecule has 0 atom stereocenters. The van der Waals surface area contributed by atoms with Gasteiger partial charge in [0.15, 0.2) is 15.0 Å². The van der Waals surface area contributed by atoms with Crippen LogP contribution in [0.25, 0.3) is 10.2 Å². The van der Waals surface area contributed by atoms with E-state index in [1.165, 1.54) is 23.5 Å². The topological polar surface area (TPSA) is 76.1 Å². The molecule has 25 heavy (non-hydrogen) atoms. The molecule has 0 fully saturated rings. The van der Waals surface area contributed by atoms with Gasteiger partial charge in [0.2, 0.25) is 5.91 Å². The molecule has 2 aromatic carbocycles. The lowest BCUT2D eigenvalue weighted by molar-refractivity contribution is -0.115. The van der Waals surface area contributed by atoms with Gasteiger partial charge in [-0.05, 0) is 42.3 Å². The van der Waals surface area contributed by atoms with Crippen molar-refractivity contribution in [1.29, 1.82) is 0 Å². The van der Waals surface area contributed by atoms with Crippen LogP contribution < -0.4 is 5.32 Å². The Morgan fingerprint density at radius 2 is 1.88 bits per heavy atom. The molecular weight excluding hydrogens is 380 g/mol. The average Bonchev–Trinajstić information content (AvgIpc) is 2.94. The number of anilines is 1. The zero-order valence-electron chi connectivity index (χ0n) is 13.5. The van der Waals surface area contributed by atoms with Crippen LogP contribution in [0.5, 0.6) is 0 Å². The van der Waals surface area contributed by atoms with E-state index in [2.05, 4.69) is 10.3 Å². The number of carbonyl (C=O) groups is 1. The Labute approximate surface area is 154 Å². The summed E-state index contributed by atoms with van der Waals surface area (Å²) in [6, 6.07) is 9.96. The van der Waals surface area contributed by atoms with Crippen LogP contribution in [-0.4, -0.2) is 25.6 Å². The van der Waals surface area contributed by atoms with Crippen LogP contribution in [-0.2, 0) is 21.1 Å². The van der Waals surface area contributed by atoms with E-state index < -0.39 is 9.84 Å². The maximum Gasteiger partial charge on any atom is 0.230 e. The largest absolute Gasteiger partial charge is 0.302 e. The minimum absolute atomic E-state index is 0.139. The number of aromatic nitrogens is 1. The zero-order valence-corrected chi connectivity index (χ0v) is 15.9. The fourth-order valence-electron chi connectivity index (χ4n) is 2.36. The van der Waals surface area contributed by atoms with Gasteiger partial charge in [0, 0.05) is 11.3 Å². The molecule has 0 aliphatic heterocycles. The number of nitrogens with one attached hydrogen (secondary N) is 1. The summed E-state index contributed by atoms with van der Waals surface area (Å²) >= 11 is 7.47. The van der Waals surface area contributed by atoms with Gasteiger partial charge in [0.05, 0.1) is 21.5 Å². The monoisotopic (exact) mass is 394 g/mol. The number of carbonyl (C=O) groups excluding carboxylic acids is 1. The highest BCUT2D eigenvalue weighted by Crippen LogP contribution is 2.31. The second kappa shape index (κ2) is 6.74. The number of hydrogen-bond donors (Lipinski definition) is 1. The van der Waals surface area contributed by atoms with Crippen LogP contribution in [0.1, 0.15) is 11.1 Å². The van der Waals surface area contributed by atoms with Crippen LogP contribution in [0, 0.1) is 6.92 Å². The molecule has 0 unspecified atom stereocenters. The van der Waals surface area contributed by atoms with E-state index in [0.29, 0.717) is 10.2 Å². The quantitative estimate of drug-likeness (QED) is 0.729. The molecule has 0 aliphatic rings. The summed E-state index contributed by atoms with van der Waals surface area (Å²) in [4.78, 5) is 16.9. The van der Waals surface area contributed by atoms with Crippen molar-refractivity contribution in [1.82, 2.24) is 4.98 Å². The fraction of sp³-hybridized carbons (Fsp3) is 0.176. The highest BCUT2D eigenvalue weighted by Gasteiger charge is 2.12. The van der Waals surface area contributed by atoms with Crippen molar-refractivity contribution in [2.24, 2.45) is 0 Å². The summed E-state index contributed by atoms with van der Waals surface area (Å²) in [5.41, 5.74) is 2.39. The van der Waals surface area contributed by atoms with Crippen LogP contribution >= 0.6 is 22.9 Å². The fourth-order valence-corrected chi connectivity index (χ4v) is 4.08. The molecule has 3 aromatic rings. The molecule has 1 N–H and O–H groups in total. The molecule has 5 nitrogen and oxygen atoms in total.